The Labute approximate surface area is 119 Å². The van der Waals surface area contributed by atoms with Gasteiger partial charge in [-0.15, -0.1) is 0 Å². The van der Waals surface area contributed by atoms with Crippen LogP contribution >= 0.6 is 0 Å². The second kappa shape index (κ2) is 5.55. The van der Waals surface area contributed by atoms with Crippen LogP contribution in [-0.4, -0.2) is 29.3 Å². The maximum absolute atomic E-state index is 12.3. The summed E-state index contributed by atoms with van der Waals surface area (Å²) < 4.78 is 0. The minimum atomic E-state index is -0.0167. The topological polar surface area (TPSA) is 33.2 Å². The molecule has 1 atom stereocenters. The summed E-state index contributed by atoms with van der Waals surface area (Å²) in [6.45, 7) is 1.13. The first-order chi connectivity index (χ1) is 9.75. The number of aromatic nitrogens is 1. The minimum Gasteiger partial charge on any atom is -0.299 e. The smallest absolute Gasteiger partial charge is 0.211 e. The lowest BCUT2D eigenvalue weighted by Crippen LogP contribution is -2.17. The predicted octanol–water partition coefficient (Wildman–Crippen LogP) is 3.08. The second-order valence-electron chi connectivity index (χ2n) is 5.31. The summed E-state index contributed by atoms with van der Waals surface area (Å²) in [7, 11) is 2.14. The Hall–Kier alpha value is -2.00. The molecular formula is C17H18N2O. The lowest BCUT2D eigenvalue weighted by molar-refractivity contribution is 0.103. The molecule has 2 heterocycles. The molecule has 20 heavy (non-hydrogen) atoms. The van der Waals surface area contributed by atoms with Crippen molar-refractivity contribution in [1.29, 1.82) is 0 Å². The maximum atomic E-state index is 12.3. The first-order valence-electron chi connectivity index (χ1n) is 7.01. The highest BCUT2D eigenvalue weighted by molar-refractivity contribution is 6.07. The van der Waals surface area contributed by atoms with E-state index in [4.69, 9.17) is 0 Å². The number of hydrogen-bond acceptors (Lipinski definition) is 3. The van der Waals surface area contributed by atoms with Crippen molar-refractivity contribution in [2.24, 2.45) is 0 Å². The third-order valence-corrected chi connectivity index (χ3v) is 3.96. The van der Waals surface area contributed by atoms with Crippen molar-refractivity contribution in [3.8, 4) is 0 Å². The van der Waals surface area contributed by atoms with E-state index in [-0.39, 0.29) is 5.78 Å². The van der Waals surface area contributed by atoms with E-state index in [0.717, 1.165) is 6.54 Å². The summed E-state index contributed by atoms with van der Waals surface area (Å²) in [5.41, 5.74) is 2.40. The maximum Gasteiger partial charge on any atom is 0.211 e. The zero-order chi connectivity index (χ0) is 13.9. The van der Waals surface area contributed by atoms with Gasteiger partial charge in [-0.25, -0.2) is 0 Å². The van der Waals surface area contributed by atoms with Crippen molar-refractivity contribution in [2.45, 2.75) is 18.9 Å². The quantitative estimate of drug-likeness (QED) is 0.800. The van der Waals surface area contributed by atoms with Crippen molar-refractivity contribution in [1.82, 2.24) is 9.88 Å². The fourth-order valence-electron chi connectivity index (χ4n) is 2.81. The van der Waals surface area contributed by atoms with Gasteiger partial charge < -0.3 is 0 Å². The van der Waals surface area contributed by atoms with Crippen molar-refractivity contribution >= 4 is 5.78 Å². The molecule has 1 unspecified atom stereocenters. The summed E-state index contributed by atoms with van der Waals surface area (Å²) in [4.78, 5) is 19.0. The number of ketones is 1. The van der Waals surface area contributed by atoms with Crippen molar-refractivity contribution in [3.05, 3.63) is 65.5 Å². The molecule has 1 aromatic heterocycles. The van der Waals surface area contributed by atoms with Crippen LogP contribution in [0.25, 0.3) is 0 Å². The summed E-state index contributed by atoms with van der Waals surface area (Å²) >= 11 is 0. The van der Waals surface area contributed by atoms with Crippen LogP contribution < -0.4 is 0 Å². The summed E-state index contributed by atoms with van der Waals surface area (Å²) in [6, 6.07) is 13.6. The number of benzene rings is 1. The molecule has 0 N–H and O–H groups in total. The highest BCUT2D eigenvalue weighted by atomic mass is 16.1. The Bertz CT molecular complexity index is 592. The molecule has 3 heteroatoms. The Kier molecular flexibility index (Phi) is 3.61. The molecule has 102 valence electrons. The van der Waals surface area contributed by atoms with Crippen LogP contribution in [-0.2, 0) is 0 Å². The van der Waals surface area contributed by atoms with Gasteiger partial charge >= 0.3 is 0 Å². The van der Waals surface area contributed by atoms with Gasteiger partial charge in [-0.1, -0.05) is 36.4 Å². The van der Waals surface area contributed by atoms with Crippen LogP contribution in [0.5, 0.6) is 0 Å². The molecule has 3 rings (SSSR count). The standard InChI is InChI=1S/C17H18N2O/c1-19-11-5-8-16(19)14-9-10-15(18-12-14)17(20)13-6-3-2-4-7-13/h2-4,6-7,9-10,12,16H,5,8,11H2,1H3. The van der Waals surface area contributed by atoms with Crippen LogP contribution in [0, 0.1) is 0 Å². The average molecular weight is 266 g/mol. The van der Waals surface area contributed by atoms with Crippen molar-refractivity contribution in [3.63, 3.8) is 0 Å². The van der Waals surface area contributed by atoms with E-state index in [9.17, 15) is 4.79 Å². The zero-order valence-corrected chi connectivity index (χ0v) is 11.6. The van der Waals surface area contributed by atoms with Crippen molar-refractivity contribution < 1.29 is 4.79 Å². The Balaban J connectivity index is 1.81. The molecule has 0 saturated carbocycles. The fourth-order valence-corrected chi connectivity index (χ4v) is 2.81. The van der Waals surface area contributed by atoms with Gasteiger partial charge in [-0.3, -0.25) is 14.7 Å². The third-order valence-electron chi connectivity index (χ3n) is 3.96. The van der Waals surface area contributed by atoms with E-state index in [1.165, 1.54) is 18.4 Å². The summed E-state index contributed by atoms with van der Waals surface area (Å²) in [5, 5.41) is 0. The number of likely N-dealkylation sites (tertiary alicyclic amines) is 1. The van der Waals surface area contributed by atoms with Gasteiger partial charge in [0, 0.05) is 17.8 Å². The number of nitrogens with zero attached hydrogens (tertiary/aromatic N) is 2. The number of pyridine rings is 1. The second-order valence-corrected chi connectivity index (χ2v) is 5.31. The van der Waals surface area contributed by atoms with Gasteiger partial charge in [-0.2, -0.15) is 0 Å². The molecule has 0 radical (unpaired) electrons. The first-order valence-corrected chi connectivity index (χ1v) is 7.01. The summed E-state index contributed by atoms with van der Waals surface area (Å²) in [6.07, 6.45) is 4.25. The monoisotopic (exact) mass is 266 g/mol. The molecule has 2 aromatic rings. The van der Waals surface area contributed by atoms with Gasteiger partial charge in [0.2, 0.25) is 5.78 Å². The van der Waals surface area contributed by atoms with Gasteiger partial charge in [0.15, 0.2) is 0 Å². The van der Waals surface area contributed by atoms with E-state index < -0.39 is 0 Å². The van der Waals surface area contributed by atoms with Crippen LogP contribution in [0.2, 0.25) is 0 Å². The van der Waals surface area contributed by atoms with E-state index in [1.54, 1.807) is 0 Å². The predicted molar refractivity (Wildman–Crippen MR) is 78.7 cm³/mol. The first kappa shape index (κ1) is 13.0. The average Bonchev–Trinajstić information content (AvgIpc) is 2.94. The number of carbonyl (C=O) groups excluding carboxylic acids is 1. The molecule has 0 bridgehead atoms. The van der Waals surface area contributed by atoms with Gasteiger partial charge in [0.05, 0.1) is 0 Å². The molecule has 0 spiro atoms. The van der Waals surface area contributed by atoms with Crippen LogP contribution in [0.15, 0.2) is 48.7 Å². The van der Waals surface area contributed by atoms with Crippen LogP contribution in [0.4, 0.5) is 0 Å². The molecule has 1 fully saturated rings. The highest BCUT2D eigenvalue weighted by Crippen LogP contribution is 2.29. The zero-order valence-electron chi connectivity index (χ0n) is 11.6. The minimum absolute atomic E-state index is 0.0167. The normalized spacial score (nSPS) is 19.1. The van der Waals surface area contributed by atoms with Crippen molar-refractivity contribution in [2.75, 3.05) is 13.6 Å². The molecule has 1 saturated heterocycles. The van der Waals surface area contributed by atoms with E-state index >= 15 is 0 Å². The SMILES string of the molecule is CN1CCCC1c1ccc(C(=O)c2ccccc2)nc1. The lowest BCUT2D eigenvalue weighted by atomic mass is 10.0. The fraction of sp³-hybridized carbons (Fsp3) is 0.294. The van der Waals surface area contributed by atoms with Gasteiger partial charge in [-0.05, 0) is 38.1 Å². The van der Waals surface area contributed by atoms with E-state index in [0.29, 0.717) is 17.3 Å². The molecule has 1 aromatic carbocycles. The van der Waals surface area contributed by atoms with Crippen LogP contribution in [0.3, 0.4) is 0 Å². The number of carbonyl (C=O) groups is 1. The Morgan fingerprint density at radius 3 is 2.60 bits per heavy atom. The Morgan fingerprint density at radius 1 is 1.20 bits per heavy atom. The number of hydrogen-bond donors (Lipinski definition) is 0. The lowest BCUT2D eigenvalue weighted by Gasteiger charge is -2.19. The molecule has 3 nitrogen and oxygen atoms in total. The highest BCUT2D eigenvalue weighted by Gasteiger charge is 2.23. The molecule has 1 aliphatic rings. The molecule has 1 aliphatic heterocycles. The largest absolute Gasteiger partial charge is 0.299 e. The molecule has 0 aliphatic carbocycles. The van der Waals surface area contributed by atoms with Crippen LogP contribution in [0.1, 0.15) is 40.5 Å². The van der Waals surface area contributed by atoms with E-state index in [1.807, 2.05) is 48.7 Å². The molecular weight excluding hydrogens is 248 g/mol. The number of rotatable bonds is 3. The summed E-state index contributed by atoms with van der Waals surface area (Å²) in [5.74, 6) is -0.0167. The molecule has 0 amide bonds. The van der Waals surface area contributed by atoms with Gasteiger partial charge in [0.1, 0.15) is 5.69 Å². The van der Waals surface area contributed by atoms with E-state index in [2.05, 4.69) is 16.9 Å². The van der Waals surface area contributed by atoms with Gasteiger partial charge in [0.25, 0.3) is 0 Å². The Morgan fingerprint density at radius 2 is 2.00 bits per heavy atom. The third kappa shape index (κ3) is 2.49.